The van der Waals surface area contributed by atoms with Crippen molar-refractivity contribution in [3.63, 3.8) is 0 Å². The number of nitrogens with two attached hydrogens (primary N) is 1. The molecule has 0 aromatic heterocycles. The van der Waals surface area contributed by atoms with Crippen LogP contribution in [0.15, 0.2) is 24.3 Å². The van der Waals surface area contributed by atoms with Crippen molar-refractivity contribution in [2.45, 2.75) is 51.0 Å². The Kier molecular flexibility index (Phi) is 2.38. The highest BCUT2D eigenvalue weighted by Crippen LogP contribution is 2.58. The molecule has 1 fully saturated rings. The number of benzene rings is 1. The van der Waals surface area contributed by atoms with E-state index in [0.717, 1.165) is 5.92 Å². The SMILES string of the molecule is CCC1C(N)C2CC(C)(C)c3ccccc3C12. The third-order valence-corrected chi connectivity index (χ3v) is 5.18. The zero-order valence-electron chi connectivity index (χ0n) is 11.1. The molecule has 0 radical (unpaired) electrons. The molecule has 2 N–H and O–H groups in total. The molecule has 0 bridgehead atoms. The maximum Gasteiger partial charge on any atom is 0.0108 e. The lowest BCUT2D eigenvalue weighted by atomic mass is 9.49. The molecule has 1 nitrogen and oxygen atoms in total. The van der Waals surface area contributed by atoms with E-state index in [0.29, 0.717) is 23.3 Å². The topological polar surface area (TPSA) is 26.0 Å². The molecule has 2 aliphatic rings. The van der Waals surface area contributed by atoms with E-state index in [1.54, 1.807) is 11.1 Å². The van der Waals surface area contributed by atoms with Crippen molar-refractivity contribution in [2.75, 3.05) is 0 Å². The first-order chi connectivity index (χ1) is 8.06. The summed E-state index contributed by atoms with van der Waals surface area (Å²) < 4.78 is 0. The van der Waals surface area contributed by atoms with Crippen LogP contribution in [0.1, 0.15) is 50.7 Å². The molecule has 1 heteroatoms. The Bertz CT molecular complexity index is 435. The van der Waals surface area contributed by atoms with Gasteiger partial charge >= 0.3 is 0 Å². The van der Waals surface area contributed by atoms with Crippen LogP contribution in [0.4, 0.5) is 0 Å². The summed E-state index contributed by atoms with van der Waals surface area (Å²) in [5, 5.41) is 0. The van der Waals surface area contributed by atoms with Crippen LogP contribution in [-0.2, 0) is 5.41 Å². The average molecular weight is 229 g/mol. The van der Waals surface area contributed by atoms with Gasteiger partial charge in [0.05, 0.1) is 0 Å². The van der Waals surface area contributed by atoms with E-state index in [2.05, 4.69) is 45.0 Å². The van der Waals surface area contributed by atoms with Gasteiger partial charge in [0.25, 0.3) is 0 Å². The summed E-state index contributed by atoms with van der Waals surface area (Å²) in [6.07, 6.45) is 2.48. The largest absolute Gasteiger partial charge is 0.327 e. The highest BCUT2D eigenvalue weighted by molar-refractivity contribution is 5.42. The summed E-state index contributed by atoms with van der Waals surface area (Å²) in [6.45, 7) is 7.02. The van der Waals surface area contributed by atoms with Crippen LogP contribution in [0, 0.1) is 11.8 Å². The van der Waals surface area contributed by atoms with Crippen molar-refractivity contribution in [2.24, 2.45) is 17.6 Å². The van der Waals surface area contributed by atoms with Gasteiger partial charge in [-0.3, -0.25) is 0 Å². The lowest BCUT2D eigenvalue weighted by Crippen LogP contribution is -2.58. The van der Waals surface area contributed by atoms with Gasteiger partial charge < -0.3 is 5.73 Å². The summed E-state index contributed by atoms with van der Waals surface area (Å²) in [5.41, 5.74) is 9.81. The lowest BCUT2D eigenvalue weighted by molar-refractivity contribution is 0.0543. The number of rotatable bonds is 1. The molecule has 0 amide bonds. The molecule has 0 heterocycles. The van der Waals surface area contributed by atoms with E-state index in [-0.39, 0.29) is 0 Å². The van der Waals surface area contributed by atoms with E-state index in [1.165, 1.54) is 12.8 Å². The van der Waals surface area contributed by atoms with Gasteiger partial charge in [-0.2, -0.15) is 0 Å². The van der Waals surface area contributed by atoms with Gasteiger partial charge in [0.15, 0.2) is 0 Å². The van der Waals surface area contributed by atoms with Gasteiger partial charge in [0, 0.05) is 6.04 Å². The zero-order valence-corrected chi connectivity index (χ0v) is 11.1. The number of fused-ring (bicyclic) bond motifs is 3. The molecule has 1 saturated carbocycles. The molecule has 0 saturated heterocycles. The standard InChI is InChI=1S/C16H23N/c1-4-10-14-11-7-5-6-8-13(11)16(2,3)9-12(14)15(10)17/h5-8,10,12,14-15H,4,9,17H2,1-3H3. The molecule has 0 aliphatic heterocycles. The first-order valence-electron chi connectivity index (χ1n) is 6.91. The van der Waals surface area contributed by atoms with Crippen molar-refractivity contribution >= 4 is 0 Å². The minimum atomic E-state index is 0.300. The minimum Gasteiger partial charge on any atom is -0.327 e. The molecule has 0 spiro atoms. The van der Waals surface area contributed by atoms with Gasteiger partial charge in [-0.25, -0.2) is 0 Å². The Morgan fingerprint density at radius 1 is 1.29 bits per heavy atom. The molecule has 4 unspecified atom stereocenters. The third-order valence-electron chi connectivity index (χ3n) is 5.18. The highest BCUT2D eigenvalue weighted by Gasteiger charge is 2.53. The zero-order chi connectivity index (χ0) is 12.2. The van der Waals surface area contributed by atoms with Crippen LogP contribution < -0.4 is 5.73 Å². The lowest BCUT2D eigenvalue weighted by Gasteiger charge is -2.57. The first-order valence-corrected chi connectivity index (χ1v) is 6.91. The first kappa shape index (κ1) is 11.3. The maximum atomic E-state index is 6.37. The Labute approximate surface area is 104 Å². The Morgan fingerprint density at radius 2 is 2.00 bits per heavy atom. The number of hydrogen-bond donors (Lipinski definition) is 1. The van der Waals surface area contributed by atoms with E-state index in [9.17, 15) is 0 Å². The average Bonchev–Trinajstić information content (AvgIpc) is 2.32. The summed E-state index contributed by atoms with van der Waals surface area (Å²) in [7, 11) is 0. The van der Waals surface area contributed by atoms with Crippen LogP contribution in [-0.4, -0.2) is 6.04 Å². The summed E-state index contributed by atoms with van der Waals surface area (Å²) in [6, 6.07) is 9.46. The van der Waals surface area contributed by atoms with Crippen LogP contribution >= 0.6 is 0 Å². The quantitative estimate of drug-likeness (QED) is 0.784. The molecule has 2 aliphatic carbocycles. The van der Waals surface area contributed by atoms with E-state index < -0.39 is 0 Å². The maximum absolute atomic E-state index is 6.37. The second-order valence-electron chi connectivity index (χ2n) is 6.51. The van der Waals surface area contributed by atoms with Crippen LogP contribution in [0.25, 0.3) is 0 Å². The second kappa shape index (κ2) is 3.58. The molecule has 1 aromatic rings. The summed E-state index contributed by atoms with van der Waals surface area (Å²) in [4.78, 5) is 0. The highest BCUT2D eigenvalue weighted by atomic mass is 14.8. The smallest absolute Gasteiger partial charge is 0.0108 e. The van der Waals surface area contributed by atoms with Crippen molar-refractivity contribution in [1.82, 2.24) is 0 Å². The fourth-order valence-electron chi connectivity index (χ4n) is 4.32. The molecule has 3 rings (SSSR count). The van der Waals surface area contributed by atoms with Gasteiger partial charge in [0.1, 0.15) is 0 Å². The van der Waals surface area contributed by atoms with Crippen molar-refractivity contribution in [3.8, 4) is 0 Å². The minimum absolute atomic E-state index is 0.300. The summed E-state index contributed by atoms with van der Waals surface area (Å²) >= 11 is 0. The molecule has 1 aromatic carbocycles. The van der Waals surface area contributed by atoms with Crippen molar-refractivity contribution in [3.05, 3.63) is 35.4 Å². The molecule has 4 atom stereocenters. The predicted octanol–water partition coefficient (Wildman–Crippen LogP) is 3.43. The molecule has 17 heavy (non-hydrogen) atoms. The Hall–Kier alpha value is -0.820. The van der Waals surface area contributed by atoms with Gasteiger partial charge in [-0.05, 0) is 40.7 Å². The van der Waals surface area contributed by atoms with Crippen LogP contribution in [0.3, 0.4) is 0 Å². The van der Waals surface area contributed by atoms with Gasteiger partial charge in [0.2, 0.25) is 0 Å². The Morgan fingerprint density at radius 3 is 2.71 bits per heavy atom. The van der Waals surface area contributed by atoms with Gasteiger partial charge in [-0.1, -0.05) is 51.5 Å². The number of hydrogen-bond acceptors (Lipinski definition) is 1. The van der Waals surface area contributed by atoms with E-state index in [4.69, 9.17) is 5.73 Å². The van der Waals surface area contributed by atoms with Crippen LogP contribution in [0.2, 0.25) is 0 Å². The predicted molar refractivity (Wildman–Crippen MR) is 72.1 cm³/mol. The second-order valence-corrected chi connectivity index (χ2v) is 6.51. The molecular weight excluding hydrogens is 206 g/mol. The van der Waals surface area contributed by atoms with Crippen molar-refractivity contribution < 1.29 is 0 Å². The third kappa shape index (κ3) is 1.41. The van der Waals surface area contributed by atoms with Gasteiger partial charge in [-0.15, -0.1) is 0 Å². The monoisotopic (exact) mass is 229 g/mol. The van der Waals surface area contributed by atoms with Crippen LogP contribution in [0.5, 0.6) is 0 Å². The molecule has 92 valence electrons. The normalized spacial score (nSPS) is 37.9. The Balaban J connectivity index is 2.08. The fourth-order valence-corrected chi connectivity index (χ4v) is 4.32. The molecular formula is C16H23N. The van der Waals surface area contributed by atoms with E-state index >= 15 is 0 Å². The van der Waals surface area contributed by atoms with E-state index in [1.807, 2.05) is 0 Å². The van der Waals surface area contributed by atoms with Crippen molar-refractivity contribution in [1.29, 1.82) is 0 Å². The summed E-state index contributed by atoms with van der Waals surface area (Å²) in [5.74, 6) is 2.15. The fraction of sp³-hybridized carbons (Fsp3) is 0.625.